The fourth-order valence-electron chi connectivity index (χ4n) is 9.23. The first-order chi connectivity index (χ1) is 25.0. The van der Waals surface area contributed by atoms with Gasteiger partial charge in [-0.1, -0.05) is 47.6 Å². The molecule has 0 spiro atoms. The van der Waals surface area contributed by atoms with Crippen molar-refractivity contribution >= 4 is 11.8 Å². The summed E-state index contributed by atoms with van der Waals surface area (Å²) in [5, 5.41) is 34.8. The Morgan fingerprint density at radius 2 is 1.57 bits per heavy atom. The molecule has 13 heteroatoms. The highest BCUT2D eigenvalue weighted by Gasteiger charge is 2.53. The lowest BCUT2D eigenvalue weighted by Crippen LogP contribution is -2.60. The van der Waals surface area contributed by atoms with Crippen LogP contribution in [0.4, 0.5) is 0 Å². The Balaban J connectivity index is 2.18. The summed E-state index contributed by atoms with van der Waals surface area (Å²) in [7, 11) is 5.43. The number of carbonyl (C=O) groups is 2. The van der Waals surface area contributed by atoms with Crippen molar-refractivity contribution in [1.29, 1.82) is 0 Å². The number of ether oxygens (including phenoxy) is 7. The Morgan fingerprint density at radius 3 is 2.13 bits per heavy atom. The summed E-state index contributed by atoms with van der Waals surface area (Å²) < 4.78 is 44.6. The number of cyclic esters (lactones) is 1. The lowest BCUT2D eigenvalue weighted by atomic mass is 9.69. The molecule has 3 rings (SSSR count). The van der Waals surface area contributed by atoms with E-state index in [9.17, 15) is 24.9 Å². The summed E-state index contributed by atoms with van der Waals surface area (Å²) in [6.45, 7) is 24.0. The molecule has 0 aromatic carbocycles. The lowest BCUT2D eigenvalue weighted by molar-refractivity contribution is -0.316. The average Bonchev–Trinajstić information content (AvgIpc) is 3.09. The number of nitrogens with zero attached hydrogens (tertiary/aromatic N) is 1. The number of rotatable bonds is 10. The van der Waals surface area contributed by atoms with E-state index >= 15 is 0 Å². The number of methoxy groups -OCH3 is 1. The van der Waals surface area contributed by atoms with E-state index in [0.29, 0.717) is 19.4 Å². The summed E-state index contributed by atoms with van der Waals surface area (Å²) in [6.07, 6.45) is -5.22. The van der Waals surface area contributed by atoms with E-state index in [2.05, 4.69) is 6.58 Å². The Hall–Kier alpha value is -1.52. The molecule has 0 aromatic heterocycles. The molecule has 3 aliphatic rings. The molecule has 13 nitrogen and oxygen atoms in total. The zero-order valence-electron chi connectivity index (χ0n) is 35.4. The molecule has 0 amide bonds. The summed E-state index contributed by atoms with van der Waals surface area (Å²) in [5.41, 5.74) is -3.53. The standard InChI is InChI=1S/C41H73NO12/c1-16-18-49-36-27(8)51-30(21-40(36,11)48-15)53-33-25(6)35(54-38-32(44)28(42(13)14)19-23(4)50-38)39(9,10)20-22(3)31(43)24(5)34(45)41(12,47)29(17-2)52-37(46)26(33)7/h16,22-30,32-36,38,44-45,47H,1,17-21H2,2-15H3/t22-,23-,24?,25+,26-,27+,28+,29-,30+,32-,33+,34-,35-,36+,38+,40-,41-/m1/s1. The van der Waals surface area contributed by atoms with Crippen LogP contribution >= 0.6 is 0 Å². The SMILES string of the molecule is C=CCO[C@H]1[C@H](C)O[C@@H](O[C@H]2[C@H](C)[C@@H](O[C@@H]3O[C@H](C)C[C@H](N(C)C)[C@H]3O)C(C)(C)C[C@@H](C)C(=O)C(C)[C@@H](O)[C@](C)(O)[C@@H](CC)OC(=O)[C@@H]2C)C[C@@]1(C)OC. The Labute approximate surface area is 324 Å². The van der Waals surface area contributed by atoms with E-state index in [1.165, 1.54) is 6.92 Å². The molecule has 3 N–H and O–H groups in total. The number of esters is 1. The molecule has 17 atom stereocenters. The number of aliphatic hydroxyl groups is 3. The summed E-state index contributed by atoms with van der Waals surface area (Å²) in [6, 6.07) is -0.238. The van der Waals surface area contributed by atoms with Crippen LogP contribution < -0.4 is 0 Å². The Morgan fingerprint density at radius 1 is 0.944 bits per heavy atom. The number of Topliss-reactive ketones (excluding diaryl/α,β-unsaturated/α-hetero) is 1. The molecule has 0 aromatic rings. The van der Waals surface area contributed by atoms with Crippen LogP contribution in [0.3, 0.4) is 0 Å². The Kier molecular flexibility index (Phi) is 16.3. The maximum absolute atomic E-state index is 14.3. The number of ketones is 1. The number of hydrogen-bond acceptors (Lipinski definition) is 13. The normalized spacial score (nSPS) is 45.8. The molecular weight excluding hydrogens is 698 g/mol. The predicted molar refractivity (Wildman–Crippen MR) is 203 cm³/mol. The molecule has 3 saturated heterocycles. The minimum absolute atomic E-state index is 0.183. The molecule has 314 valence electrons. The van der Waals surface area contributed by atoms with Gasteiger partial charge in [0, 0.05) is 37.3 Å². The summed E-state index contributed by atoms with van der Waals surface area (Å²) in [5.74, 6) is -3.94. The highest BCUT2D eigenvalue weighted by Crippen LogP contribution is 2.44. The number of hydrogen-bond donors (Lipinski definition) is 3. The van der Waals surface area contributed by atoms with Crippen molar-refractivity contribution in [1.82, 2.24) is 4.90 Å². The van der Waals surface area contributed by atoms with Gasteiger partial charge in [0.2, 0.25) is 0 Å². The third-order valence-corrected chi connectivity index (χ3v) is 12.4. The minimum atomic E-state index is -1.93. The maximum Gasteiger partial charge on any atom is 0.311 e. The van der Waals surface area contributed by atoms with Crippen molar-refractivity contribution in [2.75, 3.05) is 27.8 Å². The molecule has 1 unspecified atom stereocenters. The second kappa shape index (κ2) is 18.8. The van der Waals surface area contributed by atoms with Crippen LogP contribution in [0.5, 0.6) is 0 Å². The highest BCUT2D eigenvalue weighted by molar-refractivity contribution is 5.83. The second-order valence-corrected chi connectivity index (χ2v) is 17.7. The molecule has 0 aliphatic carbocycles. The van der Waals surface area contributed by atoms with Crippen molar-refractivity contribution in [3.8, 4) is 0 Å². The van der Waals surface area contributed by atoms with Gasteiger partial charge < -0.3 is 53.4 Å². The van der Waals surface area contributed by atoms with Crippen LogP contribution in [0, 0.1) is 29.1 Å². The molecular formula is C41H73NO12. The number of carbonyl (C=O) groups excluding carboxylic acids is 2. The second-order valence-electron chi connectivity index (χ2n) is 17.7. The molecule has 54 heavy (non-hydrogen) atoms. The minimum Gasteiger partial charge on any atom is -0.459 e. The number of aliphatic hydroxyl groups excluding tert-OH is 2. The van der Waals surface area contributed by atoms with Crippen molar-refractivity contribution < 1.29 is 58.1 Å². The first kappa shape index (κ1) is 46.9. The molecule has 0 radical (unpaired) electrons. The van der Waals surface area contributed by atoms with E-state index in [4.69, 9.17) is 33.2 Å². The molecule has 3 heterocycles. The zero-order valence-corrected chi connectivity index (χ0v) is 35.4. The third kappa shape index (κ3) is 10.3. The van der Waals surface area contributed by atoms with Gasteiger partial charge in [-0.25, -0.2) is 0 Å². The largest absolute Gasteiger partial charge is 0.459 e. The zero-order chi connectivity index (χ0) is 41.1. The monoisotopic (exact) mass is 772 g/mol. The van der Waals surface area contributed by atoms with E-state index in [1.807, 2.05) is 67.5 Å². The van der Waals surface area contributed by atoms with E-state index < -0.39 is 102 Å². The smallest absolute Gasteiger partial charge is 0.311 e. The highest BCUT2D eigenvalue weighted by atomic mass is 16.7. The van der Waals surface area contributed by atoms with Crippen molar-refractivity contribution in [2.45, 2.75) is 181 Å². The van der Waals surface area contributed by atoms with Gasteiger partial charge in [0.25, 0.3) is 0 Å². The van der Waals surface area contributed by atoms with Gasteiger partial charge in [0.15, 0.2) is 12.6 Å². The van der Waals surface area contributed by atoms with E-state index in [0.717, 1.165) is 0 Å². The van der Waals surface area contributed by atoms with Crippen LogP contribution in [0.2, 0.25) is 0 Å². The van der Waals surface area contributed by atoms with Crippen molar-refractivity contribution in [2.24, 2.45) is 29.1 Å². The van der Waals surface area contributed by atoms with Gasteiger partial charge in [-0.3, -0.25) is 9.59 Å². The molecule has 3 fully saturated rings. The summed E-state index contributed by atoms with van der Waals surface area (Å²) in [4.78, 5) is 30.2. The van der Waals surface area contributed by atoms with E-state index in [-0.39, 0.29) is 30.8 Å². The summed E-state index contributed by atoms with van der Waals surface area (Å²) >= 11 is 0. The van der Waals surface area contributed by atoms with Crippen LogP contribution in [0.15, 0.2) is 12.7 Å². The maximum atomic E-state index is 14.3. The predicted octanol–water partition coefficient (Wildman–Crippen LogP) is 4.27. The van der Waals surface area contributed by atoms with Crippen molar-refractivity contribution in [3.05, 3.63) is 12.7 Å². The third-order valence-electron chi connectivity index (χ3n) is 12.4. The van der Waals surface area contributed by atoms with Gasteiger partial charge in [0.1, 0.15) is 29.7 Å². The number of likely N-dealkylation sites (N-methyl/N-ethyl adjacent to an activating group) is 1. The topological polar surface area (TPSA) is 163 Å². The fraction of sp³-hybridized carbons (Fsp3) is 0.902. The first-order valence-corrected chi connectivity index (χ1v) is 19.9. The Bertz CT molecular complexity index is 1240. The molecule has 0 saturated carbocycles. The van der Waals surface area contributed by atoms with Crippen molar-refractivity contribution in [3.63, 3.8) is 0 Å². The van der Waals surface area contributed by atoms with Gasteiger partial charge in [0.05, 0.1) is 48.6 Å². The quantitative estimate of drug-likeness (QED) is 0.214. The lowest BCUT2D eigenvalue weighted by Gasteiger charge is -2.50. The molecule has 0 bridgehead atoms. The first-order valence-electron chi connectivity index (χ1n) is 19.9. The van der Waals surface area contributed by atoms with Gasteiger partial charge in [-0.2, -0.15) is 0 Å². The molecule has 3 aliphatic heterocycles. The van der Waals surface area contributed by atoms with Crippen LogP contribution in [0.25, 0.3) is 0 Å². The van der Waals surface area contributed by atoms with Crippen LogP contribution in [0.1, 0.15) is 102 Å². The van der Waals surface area contributed by atoms with Gasteiger partial charge >= 0.3 is 5.97 Å². The fourth-order valence-corrected chi connectivity index (χ4v) is 9.23. The average molecular weight is 772 g/mol. The van der Waals surface area contributed by atoms with Gasteiger partial charge in [-0.05, 0) is 73.4 Å². The van der Waals surface area contributed by atoms with Crippen LogP contribution in [-0.4, -0.2) is 138 Å². The van der Waals surface area contributed by atoms with Gasteiger partial charge in [-0.15, -0.1) is 6.58 Å². The van der Waals surface area contributed by atoms with Crippen LogP contribution in [-0.2, 0) is 42.7 Å². The van der Waals surface area contributed by atoms with E-state index in [1.54, 1.807) is 34.0 Å².